The van der Waals surface area contributed by atoms with Crippen molar-refractivity contribution in [3.63, 3.8) is 0 Å². The molecule has 186 valence electrons. The van der Waals surface area contributed by atoms with Gasteiger partial charge >= 0.3 is 0 Å². The highest BCUT2D eigenvalue weighted by molar-refractivity contribution is 6.07. The van der Waals surface area contributed by atoms with Gasteiger partial charge in [0.25, 0.3) is 0 Å². The van der Waals surface area contributed by atoms with Crippen molar-refractivity contribution in [1.29, 1.82) is 10.5 Å². The first kappa shape index (κ1) is 24.6. The molecule has 5 heteroatoms. The predicted molar refractivity (Wildman–Crippen MR) is 152 cm³/mol. The number of anilines is 1. The van der Waals surface area contributed by atoms with E-state index in [1.54, 1.807) is 6.08 Å². The lowest BCUT2D eigenvalue weighted by atomic mass is 10.1. The SMILES string of the molecule is N#CC(C#N)=Cc1ccc(N2CCN(CCCCCCn3c4ccccc4c4ccccc43)CC2)cc1. The van der Waals surface area contributed by atoms with E-state index >= 15 is 0 Å². The maximum Gasteiger partial charge on any atom is 0.130 e. The normalized spacial score (nSPS) is 13.9. The third-order valence-corrected chi connectivity index (χ3v) is 7.47. The van der Waals surface area contributed by atoms with Gasteiger partial charge in [0.2, 0.25) is 0 Å². The maximum absolute atomic E-state index is 8.93. The molecule has 1 saturated heterocycles. The van der Waals surface area contributed by atoms with E-state index in [0.717, 1.165) is 38.3 Å². The molecular formula is C32H33N5. The standard InChI is InChI=1S/C32H33N5/c33-24-27(25-34)23-26-13-15-28(16-14-26)36-21-19-35(20-22-36)17-7-1-2-8-18-37-31-11-5-3-9-29(31)30-10-4-6-12-32(30)37/h3-6,9-16,23H,1-2,7-8,17-22H2. The number of benzene rings is 3. The van der Waals surface area contributed by atoms with Crippen molar-refractivity contribution in [3.05, 3.63) is 83.9 Å². The lowest BCUT2D eigenvalue weighted by molar-refractivity contribution is 0.252. The van der Waals surface area contributed by atoms with E-state index < -0.39 is 0 Å². The van der Waals surface area contributed by atoms with Crippen molar-refractivity contribution in [2.24, 2.45) is 0 Å². The number of fused-ring (bicyclic) bond motifs is 3. The van der Waals surface area contributed by atoms with Crippen LogP contribution in [0.5, 0.6) is 0 Å². The summed E-state index contributed by atoms with van der Waals surface area (Å²) in [6.07, 6.45) is 6.64. The van der Waals surface area contributed by atoms with E-state index in [2.05, 4.69) is 75.0 Å². The van der Waals surface area contributed by atoms with Crippen LogP contribution in [0.4, 0.5) is 5.69 Å². The van der Waals surface area contributed by atoms with Crippen LogP contribution < -0.4 is 4.90 Å². The number of allylic oxidation sites excluding steroid dienone is 1. The van der Waals surface area contributed by atoms with E-state index in [-0.39, 0.29) is 5.57 Å². The van der Waals surface area contributed by atoms with Gasteiger partial charge in [-0.3, -0.25) is 4.90 Å². The van der Waals surface area contributed by atoms with Gasteiger partial charge in [-0.05, 0) is 55.3 Å². The topological polar surface area (TPSA) is 59.0 Å². The maximum atomic E-state index is 8.93. The molecular weight excluding hydrogens is 454 g/mol. The van der Waals surface area contributed by atoms with Crippen LogP contribution in [0.1, 0.15) is 31.2 Å². The van der Waals surface area contributed by atoms with Crippen LogP contribution in [-0.2, 0) is 6.54 Å². The minimum atomic E-state index is 0.132. The van der Waals surface area contributed by atoms with Crippen LogP contribution in [0.15, 0.2) is 78.4 Å². The Hall–Kier alpha value is -4.06. The van der Waals surface area contributed by atoms with E-state index in [4.69, 9.17) is 10.5 Å². The zero-order chi connectivity index (χ0) is 25.5. The highest BCUT2D eigenvalue weighted by Gasteiger charge is 2.17. The Morgan fingerprint density at radius 3 is 1.84 bits per heavy atom. The molecule has 1 aromatic heterocycles. The van der Waals surface area contributed by atoms with Gasteiger partial charge in [-0.1, -0.05) is 61.4 Å². The van der Waals surface area contributed by atoms with Gasteiger partial charge in [0, 0.05) is 60.2 Å². The molecule has 37 heavy (non-hydrogen) atoms. The second-order valence-corrected chi connectivity index (χ2v) is 9.80. The summed E-state index contributed by atoms with van der Waals surface area (Å²) in [6, 6.07) is 29.5. The van der Waals surface area contributed by atoms with Crippen LogP contribution >= 0.6 is 0 Å². The molecule has 0 unspecified atom stereocenters. The quantitative estimate of drug-likeness (QED) is 0.197. The number of rotatable bonds is 9. The second kappa shape index (κ2) is 11.8. The largest absolute Gasteiger partial charge is 0.369 e. The average molecular weight is 488 g/mol. The van der Waals surface area contributed by atoms with Gasteiger partial charge in [0.05, 0.1) is 0 Å². The molecule has 0 amide bonds. The van der Waals surface area contributed by atoms with Crippen LogP contribution in [-0.4, -0.2) is 42.2 Å². The summed E-state index contributed by atoms with van der Waals surface area (Å²) in [6.45, 7) is 6.51. The fourth-order valence-corrected chi connectivity index (χ4v) is 5.47. The summed E-state index contributed by atoms with van der Waals surface area (Å²) >= 11 is 0. The fourth-order valence-electron chi connectivity index (χ4n) is 5.47. The first-order valence-electron chi connectivity index (χ1n) is 13.3. The number of hydrogen-bond acceptors (Lipinski definition) is 4. The monoisotopic (exact) mass is 487 g/mol. The molecule has 1 aliphatic heterocycles. The molecule has 3 aromatic carbocycles. The van der Waals surface area contributed by atoms with E-state index in [0.29, 0.717) is 0 Å². The van der Waals surface area contributed by atoms with Crippen LogP contribution in [0.3, 0.4) is 0 Å². The van der Waals surface area contributed by atoms with Gasteiger partial charge in [-0.2, -0.15) is 10.5 Å². The molecule has 0 saturated carbocycles. The lowest BCUT2D eigenvalue weighted by Crippen LogP contribution is -2.46. The molecule has 0 bridgehead atoms. The number of para-hydroxylation sites is 2. The molecule has 0 atom stereocenters. The zero-order valence-corrected chi connectivity index (χ0v) is 21.3. The average Bonchev–Trinajstić information content (AvgIpc) is 3.28. The number of nitriles is 2. The first-order valence-corrected chi connectivity index (χ1v) is 13.3. The summed E-state index contributed by atoms with van der Waals surface area (Å²) in [7, 11) is 0. The molecule has 1 fully saturated rings. The van der Waals surface area contributed by atoms with Crippen molar-refractivity contribution < 1.29 is 0 Å². The Morgan fingerprint density at radius 1 is 0.676 bits per heavy atom. The highest BCUT2D eigenvalue weighted by atomic mass is 15.3. The highest BCUT2D eigenvalue weighted by Crippen LogP contribution is 2.29. The number of aryl methyl sites for hydroxylation is 1. The number of unbranched alkanes of at least 4 members (excludes halogenated alkanes) is 3. The third kappa shape index (κ3) is 5.69. The molecule has 2 heterocycles. The van der Waals surface area contributed by atoms with Crippen LogP contribution in [0, 0.1) is 22.7 Å². The molecule has 0 N–H and O–H groups in total. The van der Waals surface area contributed by atoms with Gasteiger partial charge < -0.3 is 9.47 Å². The summed E-state index contributed by atoms with van der Waals surface area (Å²) in [4.78, 5) is 5.01. The molecule has 0 radical (unpaired) electrons. The fraction of sp³-hybridized carbons (Fsp3) is 0.312. The molecule has 1 aliphatic rings. The summed E-state index contributed by atoms with van der Waals surface area (Å²) < 4.78 is 2.50. The molecule has 5 nitrogen and oxygen atoms in total. The Morgan fingerprint density at radius 2 is 1.24 bits per heavy atom. The number of hydrogen-bond donors (Lipinski definition) is 0. The second-order valence-electron chi connectivity index (χ2n) is 9.80. The minimum absolute atomic E-state index is 0.132. The molecule has 5 rings (SSSR count). The van der Waals surface area contributed by atoms with Crippen molar-refractivity contribution in [2.45, 2.75) is 32.2 Å². The predicted octanol–water partition coefficient (Wildman–Crippen LogP) is 6.61. The molecule has 0 spiro atoms. The minimum Gasteiger partial charge on any atom is -0.369 e. The first-order chi connectivity index (χ1) is 18.3. The molecule has 4 aromatic rings. The summed E-state index contributed by atoms with van der Waals surface area (Å²) in [5, 5.41) is 20.6. The Kier molecular flexibility index (Phi) is 7.84. The zero-order valence-electron chi connectivity index (χ0n) is 21.3. The van der Waals surface area contributed by atoms with E-state index in [1.807, 2.05) is 24.3 Å². The summed E-state index contributed by atoms with van der Waals surface area (Å²) in [5.74, 6) is 0. The lowest BCUT2D eigenvalue weighted by Gasteiger charge is -2.36. The van der Waals surface area contributed by atoms with Crippen LogP contribution in [0.25, 0.3) is 27.9 Å². The van der Waals surface area contributed by atoms with Crippen LogP contribution in [0.2, 0.25) is 0 Å². The van der Waals surface area contributed by atoms with Crippen molar-refractivity contribution in [3.8, 4) is 12.1 Å². The van der Waals surface area contributed by atoms with Gasteiger partial charge in [-0.25, -0.2) is 0 Å². The van der Waals surface area contributed by atoms with E-state index in [1.165, 1.54) is 59.7 Å². The van der Waals surface area contributed by atoms with Gasteiger partial charge in [0.1, 0.15) is 17.7 Å². The third-order valence-electron chi connectivity index (χ3n) is 7.47. The number of aromatic nitrogens is 1. The van der Waals surface area contributed by atoms with Crippen molar-refractivity contribution in [1.82, 2.24) is 9.47 Å². The Labute approximate surface area is 219 Å². The van der Waals surface area contributed by atoms with Gasteiger partial charge in [0.15, 0.2) is 0 Å². The van der Waals surface area contributed by atoms with E-state index in [9.17, 15) is 0 Å². The Balaban J connectivity index is 1.04. The smallest absolute Gasteiger partial charge is 0.130 e. The van der Waals surface area contributed by atoms with Crippen molar-refractivity contribution in [2.75, 3.05) is 37.6 Å². The Bertz CT molecular complexity index is 1390. The van der Waals surface area contributed by atoms with Crippen molar-refractivity contribution >= 4 is 33.6 Å². The molecule has 0 aliphatic carbocycles. The number of nitrogens with zero attached hydrogens (tertiary/aromatic N) is 5. The summed E-state index contributed by atoms with van der Waals surface area (Å²) in [5.41, 5.74) is 4.92. The number of piperazine rings is 1. The van der Waals surface area contributed by atoms with Gasteiger partial charge in [-0.15, -0.1) is 0 Å².